The summed E-state index contributed by atoms with van der Waals surface area (Å²) in [5, 5.41) is 4.07. The first-order valence-electron chi connectivity index (χ1n) is 13.5. The number of fused-ring (bicyclic) bond motifs is 1. The van der Waals surface area contributed by atoms with E-state index >= 15 is 0 Å². The zero-order valence-corrected chi connectivity index (χ0v) is 23.5. The summed E-state index contributed by atoms with van der Waals surface area (Å²) >= 11 is 0. The summed E-state index contributed by atoms with van der Waals surface area (Å²) in [4.78, 5) is 18.8. The number of carbonyl (C=O) groups excluding carboxylic acids is 1. The summed E-state index contributed by atoms with van der Waals surface area (Å²) in [6.45, 7) is 9.42. The molecule has 1 aromatic heterocycles. The van der Waals surface area contributed by atoms with Crippen LogP contribution < -0.4 is 0 Å². The van der Waals surface area contributed by atoms with Crippen molar-refractivity contribution in [2.45, 2.75) is 58.9 Å². The van der Waals surface area contributed by atoms with Crippen molar-refractivity contribution in [1.82, 2.24) is 15.0 Å². The second-order valence-corrected chi connectivity index (χ2v) is 11.3. The number of halogens is 3. The average molecular weight is 564 g/mol. The number of nitrogens with zero attached hydrogens (tertiary/aromatic N) is 3. The van der Waals surface area contributed by atoms with Crippen LogP contribution in [0.4, 0.5) is 13.2 Å². The van der Waals surface area contributed by atoms with Crippen LogP contribution in [0.5, 0.6) is 0 Å². The number of hydrogen-bond acceptors (Lipinski definition) is 6. The van der Waals surface area contributed by atoms with E-state index in [4.69, 9.17) is 9.26 Å². The summed E-state index contributed by atoms with van der Waals surface area (Å²) in [5.74, 6) is 0.0840. The van der Waals surface area contributed by atoms with Crippen molar-refractivity contribution < 1.29 is 27.2 Å². The predicted octanol–water partition coefficient (Wildman–Crippen LogP) is 7.49. The molecule has 0 bridgehead atoms. The third-order valence-electron chi connectivity index (χ3n) is 7.04. The second-order valence-electron chi connectivity index (χ2n) is 11.3. The van der Waals surface area contributed by atoms with Gasteiger partial charge >= 0.3 is 12.1 Å². The highest BCUT2D eigenvalue weighted by atomic mass is 19.4. The molecule has 2 heterocycles. The molecular weight excluding hydrogens is 531 g/mol. The first-order chi connectivity index (χ1) is 19.4. The van der Waals surface area contributed by atoms with Gasteiger partial charge in [0.15, 0.2) is 0 Å². The number of ether oxygens (including phenoxy) is 1. The molecule has 9 heteroatoms. The standard InChI is InChI=1S/C32H32F3N3O3/c1-20-7-5-6-8-25(20)26-12-11-23(18-27(26)32(33,34)35)30-36-29(37-41-30)22-10-9-21-13-15-38(19-24(21)17-22)16-14-28(39)40-31(2,3)4/h5-12,17-18H,13-16,19H2,1-4H3. The molecule has 214 valence electrons. The Kier molecular flexibility index (Phi) is 7.74. The number of alkyl halides is 3. The SMILES string of the molecule is Cc1ccccc1-c1ccc(-c2nc(-c3ccc4c(c3)CN(CCC(=O)OC(C)(C)C)CC4)no2)cc1C(F)(F)F. The van der Waals surface area contributed by atoms with Gasteiger partial charge in [-0.2, -0.15) is 18.2 Å². The van der Waals surface area contributed by atoms with E-state index in [0.29, 0.717) is 36.5 Å². The van der Waals surface area contributed by atoms with Crippen LogP contribution in [0.3, 0.4) is 0 Å². The number of carbonyl (C=O) groups is 1. The third-order valence-corrected chi connectivity index (χ3v) is 7.04. The van der Waals surface area contributed by atoms with Crippen LogP contribution in [0.15, 0.2) is 65.2 Å². The molecule has 0 unspecified atom stereocenters. The molecule has 0 fully saturated rings. The Labute approximate surface area is 237 Å². The van der Waals surface area contributed by atoms with E-state index in [1.165, 1.54) is 11.6 Å². The van der Waals surface area contributed by atoms with Gasteiger partial charge in [0.2, 0.25) is 5.82 Å². The van der Waals surface area contributed by atoms with Crippen molar-refractivity contribution in [2.24, 2.45) is 0 Å². The maximum atomic E-state index is 14.1. The molecule has 4 aromatic rings. The fourth-order valence-electron chi connectivity index (χ4n) is 5.07. The van der Waals surface area contributed by atoms with Crippen LogP contribution in [0.1, 0.15) is 49.4 Å². The molecule has 6 nitrogen and oxygen atoms in total. The van der Waals surface area contributed by atoms with E-state index in [1.54, 1.807) is 37.3 Å². The Morgan fingerprint density at radius 1 is 0.976 bits per heavy atom. The van der Waals surface area contributed by atoms with Crippen LogP contribution in [-0.2, 0) is 28.7 Å². The molecule has 0 spiro atoms. The summed E-state index contributed by atoms with van der Waals surface area (Å²) in [6.07, 6.45) is -3.41. The van der Waals surface area contributed by atoms with Crippen LogP contribution in [0.25, 0.3) is 34.0 Å². The lowest BCUT2D eigenvalue weighted by Crippen LogP contribution is -2.33. The van der Waals surface area contributed by atoms with E-state index in [9.17, 15) is 18.0 Å². The first kappa shape index (κ1) is 28.5. The fourth-order valence-corrected chi connectivity index (χ4v) is 5.07. The van der Waals surface area contributed by atoms with Gasteiger partial charge in [-0.3, -0.25) is 9.69 Å². The number of esters is 1. The second kappa shape index (κ2) is 11.1. The van der Waals surface area contributed by atoms with E-state index in [2.05, 4.69) is 15.0 Å². The van der Waals surface area contributed by atoms with Crippen molar-refractivity contribution in [2.75, 3.05) is 13.1 Å². The number of rotatable bonds is 6. The van der Waals surface area contributed by atoms with Gasteiger partial charge in [0, 0.05) is 30.8 Å². The Bertz CT molecular complexity index is 1570. The van der Waals surface area contributed by atoms with E-state index in [0.717, 1.165) is 30.2 Å². The van der Waals surface area contributed by atoms with Crippen molar-refractivity contribution in [3.05, 3.63) is 82.9 Å². The maximum Gasteiger partial charge on any atom is 0.417 e. The topological polar surface area (TPSA) is 68.5 Å². The van der Waals surface area contributed by atoms with Crippen LogP contribution in [0.2, 0.25) is 0 Å². The number of aryl methyl sites for hydroxylation is 1. The molecule has 0 saturated carbocycles. The average Bonchev–Trinajstić information content (AvgIpc) is 3.40. The van der Waals surface area contributed by atoms with Crippen LogP contribution in [-0.4, -0.2) is 39.7 Å². The minimum absolute atomic E-state index is 0.0125. The van der Waals surface area contributed by atoms with Gasteiger partial charge in [-0.05, 0) is 80.1 Å². The quantitative estimate of drug-likeness (QED) is 0.227. The fraction of sp³-hybridized carbons (Fsp3) is 0.344. The van der Waals surface area contributed by atoms with E-state index in [1.807, 2.05) is 39.0 Å². The Balaban J connectivity index is 1.36. The third kappa shape index (κ3) is 6.68. The summed E-state index contributed by atoms with van der Waals surface area (Å²) < 4.78 is 53.1. The van der Waals surface area contributed by atoms with Gasteiger partial charge in [-0.1, -0.05) is 47.6 Å². The lowest BCUT2D eigenvalue weighted by molar-refractivity contribution is -0.155. The summed E-state index contributed by atoms with van der Waals surface area (Å²) in [6, 6.07) is 17.0. The van der Waals surface area contributed by atoms with Gasteiger partial charge in [0.05, 0.1) is 12.0 Å². The Hall–Kier alpha value is -3.98. The van der Waals surface area contributed by atoms with Crippen molar-refractivity contribution >= 4 is 5.97 Å². The number of benzene rings is 3. The van der Waals surface area contributed by atoms with Gasteiger partial charge in [-0.15, -0.1) is 0 Å². The molecule has 0 saturated heterocycles. The molecule has 0 amide bonds. The van der Waals surface area contributed by atoms with Crippen molar-refractivity contribution in [3.8, 4) is 34.0 Å². The zero-order chi connectivity index (χ0) is 29.4. The molecule has 1 aliphatic heterocycles. The molecule has 0 atom stereocenters. The molecule has 0 N–H and O–H groups in total. The highest BCUT2D eigenvalue weighted by Gasteiger charge is 2.35. The lowest BCUT2D eigenvalue weighted by atomic mass is 9.94. The molecule has 1 aliphatic rings. The highest BCUT2D eigenvalue weighted by Crippen LogP contribution is 2.40. The normalized spacial score (nSPS) is 14.1. The summed E-state index contributed by atoms with van der Waals surface area (Å²) in [5.41, 5.74) is 3.29. The van der Waals surface area contributed by atoms with Crippen LogP contribution >= 0.6 is 0 Å². The zero-order valence-electron chi connectivity index (χ0n) is 23.5. The monoisotopic (exact) mass is 563 g/mol. The van der Waals surface area contributed by atoms with Crippen LogP contribution in [0, 0.1) is 6.92 Å². The largest absolute Gasteiger partial charge is 0.460 e. The van der Waals surface area contributed by atoms with Gasteiger partial charge in [-0.25, -0.2) is 0 Å². The van der Waals surface area contributed by atoms with Gasteiger partial charge in [0.25, 0.3) is 5.89 Å². The van der Waals surface area contributed by atoms with Crippen molar-refractivity contribution in [1.29, 1.82) is 0 Å². The molecular formula is C32H32F3N3O3. The lowest BCUT2D eigenvalue weighted by Gasteiger charge is -2.29. The predicted molar refractivity (Wildman–Crippen MR) is 150 cm³/mol. The molecule has 5 rings (SSSR count). The van der Waals surface area contributed by atoms with E-state index < -0.39 is 17.3 Å². The minimum atomic E-state index is -4.57. The van der Waals surface area contributed by atoms with Crippen molar-refractivity contribution in [3.63, 3.8) is 0 Å². The molecule has 41 heavy (non-hydrogen) atoms. The Morgan fingerprint density at radius 3 is 2.46 bits per heavy atom. The molecule has 3 aromatic carbocycles. The Morgan fingerprint density at radius 2 is 1.73 bits per heavy atom. The van der Waals surface area contributed by atoms with E-state index in [-0.39, 0.29) is 23.0 Å². The highest BCUT2D eigenvalue weighted by molar-refractivity contribution is 5.74. The van der Waals surface area contributed by atoms with Gasteiger partial charge < -0.3 is 9.26 Å². The maximum absolute atomic E-state index is 14.1. The number of aromatic nitrogens is 2. The minimum Gasteiger partial charge on any atom is -0.460 e. The van der Waals surface area contributed by atoms with Gasteiger partial charge in [0.1, 0.15) is 5.60 Å². The smallest absolute Gasteiger partial charge is 0.417 e. The first-order valence-corrected chi connectivity index (χ1v) is 13.5. The molecule has 0 radical (unpaired) electrons. The number of hydrogen-bond donors (Lipinski definition) is 0. The summed E-state index contributed by atoms with van der Waals surface area (Å²) in [7, 11) is 0. The molecule has 0 aliphatic carbocycles.